The van der Waals surface area contributed by atoms with Crippen molar-refractivity contribution in [2.24, 2.45) is 0 Å². The lowest BCUT2D eigenvalue weighted by Crippen LogP contribution is -2.65. The van der Waals surface area contributed by atoms with Crippen LogP contribution in [0, 0.1) is 0 Å². The molecule has 0 amide bonds. The van der Waals surface area contributed by atoms with Crippen molar-refractivity contribution in [3.63, 3.8) is 0 Å². The smallest absolute Gasteiger partial charge is 0.190 e. The van der Waals surface area contributed by atoms with E-state index in [0.29, 0.717) is 0 Å². The predicted octanol–water partition coefficient (Wildman–Crippen LogP) is -0.164. The van der Waals surface area contributed by atoms with E-state index in [1.54, 1.807) is 56.9 Å². The van der Waals surface area contributed by atoms with Crippen LogP contribution in [0.5, 0.6) is 0 Å². The van der Waals surface area contributed by atoms with Gasteiger partial charge in [0.2, 0.25) is 0 Å². The van der Waals surface area contributed by atoms with Crippen LogP contribution in [-0.4, -0.2) is 132 Å². The molecule has 0 saturated carbocycles. The van der Waals surface area contributed by atoms with Crippen LogP contribution in [0.2, 0.25) is 0 Å². The second-order valence-electron chi connectivity index (χ2n) is 7.33. The Morgan fingerprint density at radius 1 is 0.452 bits per heavy atom. The zero-order chi connectivity index (χ0) is 23.0. The van der Waals surface area contributed by atoms with Crippen molar-refractivity contribution in [1.29, 1.82) is 0 Å². The van der Waals surface area contributed by atoms with Gasteiger partial charge in [-0.1, -0.05) is 0 Å². The minimum Gasteiger partial charge on any atom is -0.382 e. The summed E-state index contributed by atoms with van der Waals surface area (Å²) in [6.45, 7) is 0.569. The highest BCUT2D eigenvalue weighted by atomic mass is 16.8. The molecule has 184 valence electrons. The quantitative estimate of drug-likeness (QED) is 0.393. The van der Waals surface area contributed by atoms with E-state index < -0.39 is 61.4 Å². The molecule has 11 heteroatoms. The second kappa shape index (κ2) is 13.3. The SMILES string of the molecule is COC[C@H]1O[C@H](O[C@H]2O[C@H](COC)[C@@H](OC)[C@H](OC)[C@H]2OC)[C@H](OC)[C@@H](OC)[C@@H]1OC. The van der Waals surface area contributed by atoms with Crippen molar-refractivity contribution in [3.05, 3.63) is 0 Å². The summed E-state index contributed by atoms with van der Waals surface area (Å²) >= 11 is 0. The molecule has 2 saturated heterocycles. The van der Waals surface area contributed by atoms with Crippen molar-refractivity contribution in [1.82, 2.24) is 0 Å². The Kier molecular flexibility index (Phi) is 11.5. The van der Waals surface area contributed by atoms with Crippen molar-refractivity contribution in [3.8, 4) is 0 Å². The van der Waals surface area contributed by atoms with Gasteiger partial charge in [-0.3, -0.25) is 0 Å². The number of rotatable bonds is 12. The second-order valence-corrected chi connectivity index (χ2v) is 7.33. The van der Waals surface area contributed by atoms with Crippen LogP contribution in [0.3, 0.4) is 0 Å². The monoisotopic (exact) mass is 454 g/mol. The van der Waals surface area contributed by atoms with E-state index in [9.17, 15) is 0 Å². The lowest BCUT2D eigenvalue weighted by atomic mass is 9.97. The van der Waals surface area contributed by atoms with Gasteiger partial charge in [0.15, 0.2) is 12.6 Å². The van der Waals surface area contributed by atoms with Crippen LogP contribution < -0.4 is 0 Å². The molecule has 2 fully saturated rings. The lowest BCUT2D eigenvalue weighted by Gasteiger charge is -2.48. The summed E-state index contributed by atoms with van der Waals surface area (Å²) in [4.78, 5) is 0. The van der Waals surface area contributed by atoms with Gasteiger partial charge in [-0.15, -0.1) is 0 Å². The largest absolute Gasteiger partial charge is 0.382 e. The van der Waals surface area contributed by atoms with Crippen molar-refractivity contribution < 1.29 is 52.1 Å². The van der Waals surface area contributed by atoms with E-state index in [-0.39, 0.29) is 13.2 Å². The first-order valence-corrected chi connectivity index (χ1v) is 10.2. The first kappa shape index (κ1) is 26.8. The van der Waals surface area contributed by atoms with Crippen molar-refractivity contribution in [2.45, 2.75) is 61.4 Å². The molecular weight excluding hydrogens is 416 g/mol. The molecule has 0 N–H and O–H groups in total. The molecule has 0 radical (unpaired) electrons. The maximum atomic E-state index is 6.27. The highest BCUT2D eigenvalue weighted by Crippen LogP contribution is 2.33. The van der Waals surface area contributed by atoms with Crippen molar-refractivity contribution in [2.75, 3.05) is 70.1 Å². The molecular formula is C20H38O11. The summed E-state index contributed by atoms with van der Waals surface area (Å²) < 4.78 is 63.1. The molecule has 2 aliphatic heterocycles. The molecule has 0 unspecified atom stereocenters. The molecule has 0 aromatic rings. The molecule has 0 spiro atoms. The minimum atomic E-state index is -0.844. The summed E-state index contributed by atoms with van der Waals surface area (Å²) in [7, 11) is 12.6. The summed E-state index contributed by atoms with van der Waals surface area (Å²) in [5.41, 5.74) is 0. The molecule has 0 aliphatic carbocycles. The minimum absolute atomic E-state index is 0.284. The third-order valence-electron chi connectivity index (χ3n) is 5.75. The zero-order valence-electron chi connectivity index (χ0n) is 19.7. The van der Waals surface area contributed by atoms with Gasteiger partial charge >= 0.3 is 0 Å². The number of methoxy groups -OCH3 is 8. The molecule has 2 heterocycles. The maximum Gasteiger partial charge on any atom is 0.190 e. The Labute approximate surface area is 184 Å². The Morgan fingerprint density at radius 2 is 0.774 bits per heavy atom. The van der Waals surface area contributed by atoms with E-state index in [0.717, 1.165) is 0 Å². The van der Waals surface area contributed by atoms with Crippen LogP contribution in [0.4, 0.5) is 0 Å². The zero-order valence-corrected chi connectivity index (χ0v) is 19.7. The van der Waals surface area contributed by atoms with Gasteiger partial charge in [0.1, 0.15) is 48.8 Å². The summed E-state index contributed by atoms with van der Waals surface area (Å²) in [6, 6.07) is 0. The lowest BCUT2D eigenvalue weighted by molar-refractivity contribution is -0.384. The number of hydrogen-bond donors (Lipinski definition) is 0. The van der Waals surface area contributed by atoms with E-state index in [1.165, 1.54) is 0 Å². The van der Waals surface area contributed by atoms with E-state index >= 15 is 0 Å². The number of ether oxygens (including phenoxy) is 11. The molecule has 10 atom stereocenters. The van der Waals surface area contributed by atoms with E-state index in [4.69, 9.17) is 52.1 Å². The fraction of sp³-hybridized carbons (Fsp3) is 1.00. The summed E-state index contributed by atoms with van der Waals surface area (Å²) in [5, 5.41) is 0. The molecule has 11 nitrogen and oxygen atoms in total. The fourth-order valence-electron chi connectivity index (χ4n) is 4.31. The molecule has 31 heavy (non-hydrogen) atoms. The van der Waals surface area contributed by atoms with Crippen LogP contribution in [0.1, 0.15) is 0 Å². The van der Waals surface area contributed by atoms with Crippen LogP contribution in [-0.2, 0) is 52.1 Å². The predicted molar refractivity (Wildman–Crippen MR) is 107 cm³/mol. The summed E-state index contributed by atoms with van der Waals surface area (Å²) in [5.74, 6) is 0. The van der Waals surface area contributed by atoms with Crippen LogP contribution >= 0.6 is 0 Å². The first-order chi connectivity index (χ1) is 15.0. The van der Waals surface area contributed by atoms with Gasteiger partial charge in [0.05, 0.1) is 13.2 Å². The molecule has 0 aromatic carbocycles. The van der Waals surface area contributed by atoms with E-state index in [1.807, 2.05) is 0 Å². The van der Waals surface area contributed by atoms with Gasteiger partial charge < -0.3 is 52.1 Å². The normalized spacial score (nSPS) is 41.4. The molecule has 0 aromatic heterocycles. The standard InChI is InChI=1S/C20H38O11/c1-21-9-11-13(23-3)15(25-5)17(27-7)19(29-11)31-20-18(28-8)16(26-6)14(24-4)12(30-20)10-22-2/h11-20H,9-10H2,1-8H3/t11-,12-,13-,14-,15+,16+,17-,18-,19-,20-/m1/s1. The highest BCUT2D eigenvalue weighted by molar-refractivity contribution is 4.95. The average Bonchev–Trinajstić information content (AvgIpc) is 2.78. The van der Waals surface area contributed by atoms with Crippen LogP contribution in [0.25, 0.3) is 0 Å². The fourth-order valence-corrected chi connectivity index (χ4v) is 4.31. The number of hydrogen-bond acceptors (Lipinski definition) is 11. The Hall–Kier alpha value is -0.440. The van der Waals surface area contributed by atoms with Gasteiger partial charge in [-0.25, -0.2) is 0 Å². The summed E-state index contributed by atoms with van der Waals surface area (Å²) in [6.07, 6.45) is -5.50. The first-order valence-electron chi connectivity index (χ1n) is 10.2. The Balaban J connectivity index is 2.28. The topological polar surface area (TPSA) is 102 Å². The molecule has 2 aliphatic rings. The third-order valence-corrected chi connectivity index (χ3v) is 5.75. The van der Waals surface area contributed by atoms with Crippen molar-refractivity contribution >= 4 is 0 Å². The van der Waals surface area contributed by atoms with Gasteiger partial charge in [0, 0.05) is 56.9 Å². The van der Waals surface area contributed by atoms with Gasteiger partial charge in [0.25, 0.3) is 0 Å². The molecule has 2 rings (SSSR count). The van der Waals surface area contributed by atoms with Gasteiger partial charge in [-0.05, 0) is 0 Å². The molecule has 0 bridgehead atoms. The highest BCUT2D eigenvalue weighted by Gasteiger charge is 2.52. The maximum absolute atomic E-state index is 6.27. The average molecular weight is 455 g/mol. The Morgan fingerprint density at radius 3 is 1.03 bits per heavy atom. The van der Waals surface area contributed by atoms with E-state index in [2.05, 4.69) is 0 Å². The van der Waals surface area contributed by atoms with Crippen LogP contribution in [0.15, 0.2) is 0 Å². The third kappa shape index (κ3) is 5.92. The van der Waals surface area contributed by atoms with Gasteiger partial charge in [-0.2, -0.15) is 0 Å². The Bertz CT molecular complexity index is 454.